The topological polar surface area (TPSA) is 0 Å². The zero-order valence-corrected chi connectivity index (χ0v) is 16.3. The first-order valence-corrected chi connectivity index (χ1v) is 11.5. The van der Waals surface area contributed by atoms with Crippen LogP contribution in [0.4, 0.5) is 0 Å². The van der Waals surface area contributed by atoms with E-state index in [0.29, 0.717) is 14.5 Å². The molecule has 1 aliphatic carbocycles. The maximum atomic E-state index is 2.48. The fraction of sp³-hybridized carbons (Fsp3) is 0.100. The second-order valence-electron chi connectivity index (χ2n) is 5.92. The Morgan fingerprint density at radius 3 is 2.64 bits per heavy atom. The van der Waals surface area contributed by atoms with Gasteiger partial charge in [0.25, 0.3) is 0 Å². The molecule has 0 bridgehead atoms. The van der Waals surface area contributed by atoms with E-state index >= 15 is 0 Å². The van der Waals surface area contributed by atoms with Crippen LogP contribution in [0.3, 0.4) is 0 Å². The summed E-state index contributed by atoms with van der Waals surface area (Å²) < 4.78 is 6.36. The molecule has 0 fully saturated rings. The van der Waals surface area contributed by atoms with Gasteiger partial charge in [-0.05, 0) is 0 Å². The van der Waals surface area contributed by atoms with Crippen LogP contribution >= 0.6 is 0 Å². The molecule has 22 heavy (non-hydrogen) atoms. The Hall–Kier alpha value is -1.03. The molecule has 0 saturated heterocycles. The molecule has 0 amide bonds. The number of hydrogen-bond donors (Lipinski definition) is 0. The molecule has 0 aliphatic heterocycles. The minimum atomic E-state index is -0.202. The molecule has 0 atom stereocenters. The monoisotopic (exact) mass is 464 g/mol. The Labute approximate surface area is 145 Å². The van der Waals surface area contributed by atoms with Gasteiger partial charge in [0.1, 0.15) is 0 Å². The molecular formula is C20H14SeTe. The van der Waals surface area contributed by atoms with Gasteiger partial charge in [-0.1, -0.05) is 0 Å². The van der Waals surface area contributed by atoms with Crippen molar-refractivity contribution < 1.29 is 0 Å². The predicted molar refractivity (Wildman–Crippen MR) is 99.3 cm³/mol. The van der Waals surface area contributed by atoms with Gasteiger partial charge >= 0.3 is 146 Å². The van der Waals surface area contributed by atoms with Crippen LogP contribution in [0.15, 0.2) is 54.6 Å². The van der Waals surface area contributed by atoms with Gasteiger partial charge in [-0.2, -0.15) is 0 Å². The van der Waals surface area contributed by atoms with Crippen molar-refractivity contribution in [2.75, 3.05) is 0 Å². The van der Waals surface area contributed by atoms with Crippen LogP contribution < -0.4 is 0 Å². The quantitative estimate of drug-likeness (QED) is 0.354. The molecule has 0 unspecified atom stereocenters. The Morgan fingerprint density at radius 2 is 1.77 bits per heavy atom. The molecule has 2 aromatic heterocycles. The van der Waals surface area contributed by atoms with Gasteiger partial charge in [0.2, 0.25) is 0 Å². The summed E-state index contributed by atoms with van der Waals surface area (Å²) >= 11 is 0.343. The van der Waals surface area contributed by atoms with Crippen molar-refractivity contribution in [1.82, 2.24) is 0 Å². The predicted octanol–water partition coefficient (Wildman–Crippen LogP) is 4.91. The minimum absolute atomic E-state index is 0.202. The molecule has 4 aromatic rings. The summed E-state index contributed by atoms with van der Waals surface area (Å²) in [6, 6.07) is 14.6. The van der Waals surface area contributed by atoms with E-state index in [1.165, 1.54) is 21.5 Å². The summed E-state index contributed by atoms with van der Waals surface area (Å²) in [6.07, 6.45) is 7.89. The summed E-state index contributed by atoms with van der Waals surface area (Å²) in [5.74, 6) is 0. The van der Waals surface area contributed by atoms with Gasteiger partial charge < -0.3 is 0 Å². The van der Waals surface area contributed by atoms with Crippen molar-refractivity contribution in [1.29, 1.82) is 0 Å². The number of allylic oxidation sites excluding steroid dienone is 4. The van der Waals surface area contributed by atoms with Crippen molar-refractivity contribution in [2.24, 2.45) is 0 Å². The fourth-order valence-corrected chi connectivity index (χ4v) is 8.46. The molecule has 0 N–H and O–H groups in total. The number of fused-ring (bicyclic) bond motifs is 3. The SMILES string of the molecule is Cc1cc2cc3cc4cc(C5=CC=CC5)[te]c4cc3cc2[se]1. The summed E-state index contributed by atoms with van der Waals surface area (Å²) in [5, 5.41) is 5.77. The van der Waals surface area contributed by atoms with Crippen molar-refractivity contribution in [3.05, 3.63) is 62.6 Å². The van der Waals surface area contributed by atoms with Crippen LogP contribution in [0.5, 0.6) is 0 Å². The van der Waals surface area contributed by atoms with E-state index in [9.17, 15) is 0 Å². The molecule has 2 heteroatoms. The molecule has 1 aliphatic rings. The fourth-order valence-electron chi connectivity index (χ4n) is 3.24. The van der Waals surface area contributed by atoms with Crippen LogP contribution in [-0.4, -0.2) is 34.9 Å². The van der Waals surface area contributed by atoms with E-state index in [4.69, 9.17) is 0 Å². The number of aryl methyl sites for hydroxylation is 1. The molecule has 0 spiro atoms. The molecule has 0 saturated carbocycles. The normalized spacial score (nSPS) is 14.5. The zero-order chi connectivity index (χ0) is 14.7. The van der Waals surface area contributed by atoms with E-state index in [0.717, 1.165) is 6.42 Å². The standard InChI is InChI=1S/C20H14SeTe/c1-12-6-16-7-14-8-17-11-19(13-4-2-3-5-13)22-20(17)10-15(14)9-18(16)21-12/h2-4,6-11H,5H2,1H3. The van der Waals surface area contributed by atoms with E-state index in [2.05, 4.69) is 61.5 Å². The Balaban J connectivity index is 1.77. The van der Waals surface area contributed by atoms with Crippen LogP contribution in [0.1, 0.15) is 14.4 Å². The van der Waals surface area contributed by atoms with E-state index in [1.54, 1.807) is 21.3 Å². The molecular weight excluding hydrogens is 447 g/mol. The molecule has 0 radical (unpaired) electrons. The average Bonchev–Trinajstić information content (AvgIpc) is 3.20. The van der Waals surface area contributed by atoms with Gasteiger partial charge in [-0.15, -0.1) is 0 Å². The van der Waals surface area contributed by atoms with Crippen molar-refractivity contribution in [3.63, 3.8) is 0 Å². The zero-order valence-electron chi connectivity index (χ0n) is 12.2. The summed E-state index contributed by atoms with van der Waals surface area (Å²) in [6.45, 7) is 2.26. The van der Waals surface area contributed by atoms with Crippen LogP contribution in [-0.2, 0) is 0 Å². The van der Waals surface area contributed by atoms with Crippen molar-refractivity contribution in [2.45, 2.75) is 13.3 Å². The van der Waals surface area contributed by atoms with Gasteiger partial charge in [-0.25, -0.2) is 0 Å². The van der Waals surface area contributed by atoms with Crippen molar-refractivity contribution in [3.8, 4) is 0 Å². The van der Waals surface area contributed by atoms with Crippen LogP contribution in [0, 0.1) is 6.92 Å². The third kappa shape index (κ3) is 2.10. The second kappa shape index (κ2) is 4.98. The first kappa shape index (κ1) is 13.4. The molecule has 2 aromatic carbocycles. The first-order chi connectivity index (χ1) is 10.8. The Morgan fingerprint density at radius 1 is 0.909 bits per heavy atom. The van der Waals surface area contributed by atoms with E-state index in [1.807, 2.05) is 0 Å². The second-order valence-corrected chi connectivity index (χ2v) is 11.7. The molecule has 106 valence electrons. The van der Waals surface area contributed by atoms with Gasteiger partial charge in [0, 0.05) is 0 Å². The summed E-state index contributed by atoms with van der Waals surface area (Å²) in [4.78, 5) is 0. The Kier molecular flexibility index (Phi) is 3.04. The molecule has 0 nitrogen and oxygen atoms in total. The summed E-state index contributed by atoms with van der Waals surface area (Å²) in [5.41, 5.74) is 1.55. The average molecular weight is 461 g/mol. The van der Waals surface area contributed by atoms with Gasteiger partial charge in [0.15, 0.2) is 0 Å². The van der Waals surface area contributed by atoms with Crippen LogP contribution in [0.25, 0.3) is 34.8 Å². The number of rotatable bonds is 1. The van der Waals surface area contributed by atoms with Crippen molar-refractivity contribution >= 4 is 69.7 Å². The first-order valence-electron chi connectivity index (χ1n) is 7.50. The summed E-state index contributed by atoms with van der Waals surface area (Å²) in [7, 11) is 0. The van der Waals surface area contributed by atoms with E-state index in [-0.39, 0.29) is 20.4 Å². The maximum absolute atomic E-state index is 2.48. The van der Waals surface area contributed by atoms with E-state index < -0.39 is 0 Å². The molecule has 5 rings (SSSR count). The van der Waals surface area contributed by atoms with Crippen LogP contribution in [0.2, 0.25) is 0 Å². The third-order valence-corrected chi connectivity index (χ3v) is 9.80. The van der Waals surface area contributed by atoms with Gasteiger partial charge in [0.05, 0.1) is 0 Å². The number of hydrogen-bond acceptors (Lipinski definition) is 0. The Bertz CT molecular complexity index is 1030. The van der Waals surface area contributed by atoms with Gasteiger partial charge in [-0.3, -0.25) is 0 Å². The molecule has 2 heterocycles. The number of benzene rings is 2. The third-order valence-electron chi connectivity index (χ3n) is 4.32.